The summed E-state index contributed by atoms with van der Waals surface area (Å²) in [6.07, 6.45) is 5.06. The zero-order valence-corrected chi connectivity index (χ0v) is 15.7. The Morgan fingerprint density at radius 2 is 1.45 bits per heavy atom. The molecule has 6 nitrogen and oxygen atoms in total. The van der Waals surface area contributed by atoms with Gasteiger partial charge in [0.15, 0.2) is 0 Å². The molecule has 29 heavy (non-hydrogen) atoms. The van der Waals surface area contributed by atoms with Crippen molar-refractivity contribution in [1.29, 1.82) is 0 Å². The smallest absolute Gasteiger partial charge is 0.335 e. The Labute approximate surface area is 167 Å². The van der Waals surface area contributed by atoms with E-state index in [1.54, 1.807) is 0 Å². The molecule has 2 aliphatic rings. The van der Waals surface area contributed by atoms with Gasteiger partial charge in [-0.05, 0) is 67.3 Å². The van der Waals surface area contributed by atoms with Crippen molar-refractivity contribution >= 4 is 35.3 Å². The molecule has 1 N–H and O–H groups in total. The van der Waals surface area contributed by atoms with Crippen molar-refractivity contribution in [2.75, 3.05) is 22.9 Å². The van der Waals surface area contributed by atoms with Gasteiger partial charge in [0.1, 0.15) is 11.4 Å². The highest BCUT2D eigenvalue weighted by Crippen LogP contribution is 2.24. The van der Waals surface area contributed by atoms with Crippen LogP contribution in [0.5, 0.6) is 0 Å². The number of amides is 4. The van der Waals surface area contributed by atoms with E-state index in [4.69, 9.17) is 0 Å². The molecular weight excluding hydrogens is 373 g/mol. The Kier molecular flexibility index (Phi) is 5.12. The van der Waals surface area contributed by atoms with E-state index in [9.17, 15) is 18.8 Å². The first-order valence-corrected chi connectivity index (χ1v) is 9.55. The maximum Gasteiger partial charge on any atom is 0.335 e. The predicted molar refractivity (Wildman–Crippen MR) is 108 cm³/mol. The summed E-state index contributed by atoms with van der Waals surface area (Å²) in [6.45, 7) is 2.05. The molecule has 4 rings (SSSR count). The molecule has 0 saturated carbocycles. The number of carbonyl (C=O) groups excluding carboxylic acids is 3. The second kappa shape index (κ2) is 7.87. The normalized spacial score (nSPS) is 18.9. The minimum Gasteiger partial charge on any atom is -0.372 e. The van der Waals surface area contributed by atoms with Crippen LogP contribution in [0.3, 0.4) is 0 Å². The van der Waals surface area contributed by atoms with E-state index in [0.29, 0.717) is 5.56 Å². The molecule has 0 bridgehead atoms. The number of benzene rings is 2. The van der Waals surface area contributed by atoms with Crippen LogP contribution in [0.15, 0.2) is 54.1 Å². The molecule has 2 aromatic carbocycles. The number of nitrogens with zero attached hydrogens (tertiary/aromatic N) is 2. The van der Waals surface area contributed by atoms with Gasteiger partial charge >= 0.3 is 6.03 Å². The molecule has 0 radical (unpaired) electrons. The van der Waals surface area contributed by atoms with Gasteiger partial charge in [0.2, 0.25) is 0 Å². The summed E-state index contributed by atoms with van der Waals surface area (Å²) in [6, 6.07) is 11.7. The van der Waals surface area contributed by atoms with E-state index in [2.05, 4.69) is 10.2 Å². The Balaban J connectivity index is 1.59. The third-order valence-corrected chi connectivity index (χ3v) is 5.11. The van der Waals surface area contributed by atoms with Gasteiger partial charge in [-0.3, -0.25) is 14.9 Å². The second-order valence-electron chi connectivity index (χ2n) is 7.07. The fourth-order valence-corrected chi connectivity index (χ4v) is 3.58. The van der Waals surface area contributed by atoms with Crippen molar-refractivity contribution in [1.82, 2.24) is 5.32 Å². The van der Waals surface area contributed by atoms with Crippen molar-refractivity contribution in [3.05, 3.63) is 65.5 Å². The lowest BCUT2D eigenvalue weighted by molar-refractivity contribution is -0.122. The third-order valence-electron chi connectivity index (χ3n) is 5.11. The van der Waals surface area contributed by atoms with Gasteiger partial charge in [-0.25, -0.2) is 14.1 Å². The van der Waals surface area contributed by atoms with Crippen molar-refractivity contribution < 1.29 is 18.8 Å². The van der Waals surface area contributed by atoms with Gasteiger partial charge in [-0.2, -0.15) is 0 Å². The summed E-state index contributed by atoms with van der Waals surface area (Å²) < 4.78 is 13.2. The summed E-state index contributed by atoms with van der Waals surface area (Å²) in [5, 5.41) is 2.16. The van der Waals surface area contributed by atoms with E-state index >= 15 is 0 Å². The van der Waals surface area contributed by atoms with Gasteiger partial charge in [0.05, 0.1) is 5.69 Å². The minimum atomic E-state index is -0.857. The van der Waals surface area contributed by atoms with Crippen molar-refractivity contribution in [3.8, 4) is 0 Å². The van der Waals surface area contributed by atoms with Gasteiger partial charge in [-0.1, -0.05) is 12.1 Å². The van der Waals surface area contributed by atoms with Crippen LogP contribution in [0.4, 0.5) is 20.6 Å². The van der Waals surface area contributed by atoms with E-state index < -0.39 is 23.7 Å². The molecule has 148 valence electrons. The van der Waals surface area contributed by atoms with E-state index in [1.807, 2.05) is 24.3 Å². The maximum absolute atomic E-state index is 13.2. The van der Waals surface area contributed by atoms with Crippen LogP contribution >= 0.6 is 0 Å². The zero-order chi connectivity index (χ0) is 20.4. The van der Waals surface area contributed by atoms with Crippen molar-refractivity contribution in [2.24, 2.45) is 0 Å². The van der Waals surface area contributed by atoms with E-state index in [1.165, 1.54) is 37.5 Å². The minimum absolute atomic E-state index is 0.153. The van der Waals surface area contributed by atoms with Crippen LogP contribution in [0.2, 0.25) is 0 Å². The number of piperidine rings is 1. The second-order valence-corrected chi connectivity index (χ2v) is 7.07. The molecule has 0 atom stereocenters. The van der Waals surface area contributed by atoms with Gasteiger partial charge in [0, 0.05) is 18.8 Å². The molecular formula is C22H20FN3O3. The lowest BCUT2D eigenvalue weighted by Crippen LogP contribution is -2.54. The van der Waals surface area contributed by atoms with Crippen LogP contribution in [0.25, 0.3) is 6.08 Å². The van der Waals surface area contributed by atoms with Crippen LogP contribution in [0, 0.1) is 5.82 Å². The van der Waals surface area contributed by atoms with Crippen LogP contribution in [0.1, 0.15) is 24.8 Å². The summed E-state index contributed by atoms with van der Waals surface area (Å²) >= 11 is 0. The highest BCUT2D eigenvalue weighted by Gasteiger charge is 2.36. The number of hydrogen-bond acceptors (Lipinski definition) is 4. The lowest BCUT2D eigenvalue weighted by Gasteiger charge is -2.29. The van der Waals surface area contributed by atoms with E-state index in [-0.39, 0.29) is 11.3 Å². The predicted octanol–water partition coefficient (Wildman–Crippen LogP) is 3.48. The Morgan fingerprint density at radius 3 is 2.10 bits per heavy atom. The zero-order valence-electron chi connectivity index (χ0n) is 15.7. The van der Waals surface area contributed by atoms with Crippen LogP contribution in [-0.4, -0.2) is 30.9 Å². The monoisotopic (exact) mass is 393 g/mol. The maximum atomic E-state index is 13.2. The molecule has 2 heterocycles. The quantitative estimate of drug-likeness (QED) is 0.640. The number of nitrogens with one attached hydrogen (secondary N) is 1. The molecule has 0 unspecified atom stereocenters. The summed E-state index contributed by atoms with van der Waals surface area (Å²) in [5.74, 6) is -1.98. The summed E-state index contributed by atoms with van der Waals surface area (Å²) in [5.41, 5.74) is 1.82. The number of urea groups is 1. The Morgan fingerprint density at radius 1 is 0.828 bits per heavy atom. The van der Waals surface area contributed by atoms with Gasteiger partial charge in [0.25, 0.3) is 11.8 Å². The first-order valence-electron chi connectivity index (χ1n) is 9.55. The highest BCUT2D eigenvalue weighted by molar-refractivity contribution is 6.39. The molecule has 7 heteroatoms. The molecule has 0 aromatic heterocycles. The number of hydrogen-bond donors (Lipinski definition) is 1. The SMILES string of the molecule is O=C1NC(=O)N(c2ccc(F)cc2)C(=O)C1=Cc1ccc(N2CCCCC2)cc1. The number of halogens is 1. The Bertz CT molecular complexity index is 977. The molecule has 2 aliphatic heterocycles. The molecule has 2 aromatic rings. The first-order chi connectivity index (χ1) is 14.0. The Hall–Kier alpha value is -3.48. The third kappa shape index (κ3) is 3.89. The fourth-order valence-electron chi connectivity index (χ4n) is 3.58. The highest BCUT2D eigenvalue weighted by atomic mass is 19.1. The van der Waals surface area contributed by atoms with Crippen molar-refractivity contribution in [3.63, 3.8) is 0 Å². The van der Waals surface area contributed by atoms with Crippen molar-refractivity contribution in [2.45, 2.75) is 19.3 Å². The number of anilines is 2. The molecule has 0 spiro atoms. The van der Waals surface area contributed by atoms with E-state index in [0.717, 1.165) is 35.8 Å². The van der Waals surface area contributed by atoms with Gasteiger partial charge < -0.3 is 4.90 Å². The number of carbonyl (C=O) groups is 3. The lowest BCUT2D eigenvalue weighted by atomic mass is 10.1. The molecule has 0 aliphatic carbocycles. The largest absolute Gasteiger partial charge is 0.372 e. The summed E-state index contributed by atoms with van der Waals surface area (Å²) in [4.78, 5) is 40.4. The van der Waals surface area contributed by atoms with Crippen LogP contribution in [-0.2, 0) is 9.59 Å². The molecule has 2 fully saturated rings. The molecule has 2 saturated heterocycles. The first kappa shape index (κ1) is 18.9. The number of rotatable bonds is 3. The summed E-state index contributed by atoms with van der Waals surface area (Å²) in [7, 11) is 0. The number of barbiturate groups is 1. The van der Waals surface area contributed by atoms with Crippen LogP contribution < -0.4 is 15.1 Å². The topological polar surface area (TPSA) is 69.7 Å². The average molecular weight is 393 g/mol. The van der Waals surface area contributed by atoms with Gasteiger partial charge in [-0.15, -0.1) is 0 Å². The standard InChI is InChI=1S/C22H20FN3O3/c23-16-6-10-18(11-7-16)26-21(28)19(20(27)24-22(26)29)14-15-4-8-17(9-5-15)25-12-2-1-3-13-25/h4-11,14H,1-3,12-13H2,(H,24,27,29). The number of imide groups is 2. The fraction of sp³-hybridized carbons (Fsp3) is 0.227. The molecule has 4 amide bonds. The average Bonchev–Trinajstić information content (AvgIpc) is 2.73.